The second-order valence-electron chi connectivity index (χ2n) is 9.51. The molecule has 1 unspecified atom stereocenters. The lowest BCUT2D eigenvalue weighted by Gasteiger charge is -2.32. The Hall–Kier alpha value is -4.00. The van der Waals surface area contributed by atoms with Crippen molar-refractivity contribution in [2.24, 2.45) is 0 Å². The van der Waals surface area contributed by atoms with Crippen LogP contribution in [0, 0.1) is 0 Å². The van der Waals surface area contributed by atoms with E-state index in [4.69, 9.17) is 9.72 Å². The van der Waals surface area contributed by atoms with E-state index in [-0.39, 0.29) is 11.9 Å². The maximum Gasteiger partial charge on any atom is 0.317 e. The lowest BCUT2D eigenvalue weighted by atomic mass is 9.97. The van der Waals surface area contributed by atoms with Gasteiger partial charge in [-0.15, -0.1) is 0 Å². The Balaban J connectivity index is 1.33. The smallest absolute Gasteiger partial charge is 0.317 e. The van der Waals surface area contributed by atoms with Crippen molar-refractivity contribution < 1.29 is 9.53 Å². The minimum absolute atomic E-state index is 0.0229. The third-order valence-corrected chi connectivity index (χ3v) is 6.89. The zero-order chi connectivity index (χ0) is 25.1. The Bertz CT molecular complexity index is 1350. The minimum Gasteiger partial charge on any atom is -0.497 e. The normalized spacial score (nSPS) is 15.6. The van der Waals surface area contributed by atoms with Crippen LogP contribution in [0.4, 0.5) is 10.5 Å². The van der Waals surface area contributed by atoms with Gasteiger partial charge < -0.3 is 24.3 Å². The highest BCUT2D eigenvalue weighted by molar-refractivity contribution is 5.78. The van der Waals surface area contributed by atoms with E-state index in [0.717, 1.165) is 59.0 Å². The zero-order valence-electron chi connectivity index (χ0n) is 21.1. The summed E-state index contributed by atoms with van der Waals surface area (Å²) in [5, 5.41) is 3.10. The number of carbonyl (C=O) groups is 1. The van der Waals surface area contributed by atoms with E-state index in [9.17, 15) is 4.79 Å². The molecule has 0 spiro atoms. The van der Waals surface area contributed by atoms with Crippen molar-refractivity contribution in [3.05, 3.63) is 84.3 Å². The van der Waals surface area contributed by atoms with E-state index in [1.807, 2.05) is 49.3 Å². The van der Waals surface area contributed by atoms with Crippen molar-refractivity contribution in [1.29, 1.82) is 0 Å². The van der Waals surface area contributed by atoms with Crippen molar-refractivity contribution in [3.63, 3.8) is 0 Å². The number of anilines is 1. The number of nitrogens with zero attached hydrogens (tertiary/aromatic N) is 4. The second kappa shape index (κ2) is 10.3. The number of hydrogen-bond acceptors (Lipinski definition) is 4. The standard InChI is InChI=1S/C29H33N5O2/c1-32(2)24-14-12-21(13-15-24)19-30-29(35)33-16-7-9-23(20-33)28-31-27(26-11-4-5-17-34(26)28)22-8-6-10-25(18-22)36-3/h4-6,8,10-15,17-18,23H,7,9,16,19-20H2,1-3H3,(H,30,35). The summed E-state index contributed by atoms with van der Waals surface area (Å²) in [6, 6.07) is 22.4. The molecule has 186 valence electrons. The van der Waals surface area contributed by atoms with Gasteiger partial charge in [-0.2, -0.15) is 0 Å². The SMILES string of the molecule is COc1cccc(-c2nc(C3CCCN(C(=O)NCc4ccc(N(C)C)cc4)C3)n3ccccc23)c1. The lowest BCUT2D eigenvalue weighted by Crippen LogP contribution is -2.45. The summed E-state index contributed by atoms with van der Waals surface area (Å²) in [5.74, 6) is 1.97. The van der Waals surface area contributed by atoms with Crippen LogP contribution < -0.4 is 15.0 Å². The van der Waals surface area contributed by atoms with Gasteiger partial charge in [0.1, 0.15) is 11.6 Å². The number of urea groups is 1. The number of rotatable bonds is 6. The topological polar surface area (TPSA) is 62.1 Å². The molecule has 0 bridgehead atoms. The molecule has 1 aliphatic heterocycles. The molecule has 7 nitrogen and oxygen atoms in total. The molecule has 2 aromatic carbocycles. The number of likely N-dealkylation sites (tertiary alicyclic amines) is 1. The summed E-state index contributed by atoms with van der Waals surface area (Å²) in [6.07, 6.45) is 4.02. The van der Waals surface area contributed by atoms with Crippen LogP contribution in [0.5, 0.6) is 5.75 Å². The Labute approximate surface area is 212 Å². The molecule has 1 aliphatic rings. The number of piperidine rings is 1. The molecule has 5 rings (SSSR count). The van der Waals surface area contributed by atoms with E-state index in [1.54, 1.807) is 7.11 Å². The number of benzene rings is 2. The van der Waals surface area contributed by atoms with Crippen LogP contribution >= 0.6 is 0 Å². The zero-order valence-corrected chi connectivity index (χ0v) is 21.1. The number of fused-ring (bicyclic) bond motifs is 1. The second-order valence-corrected chi connectivity index (χ2v) is 9.51. The third kappa shape index (κ3) is 4.87. The quantitative estimate of drug-likeness (QED) is 0.411. The first-order valence-electron chi connectivity index (χ1n) is 12.4. The Kier molecular flexibility index (Phi) is 6.80. The van der Waals surface area contributed by atoms with Crippen LogP contribution in [-0.4, -0.2) is 54.6 Å². The van der Waals surface area contributed by atoms with Gasteiger partial charge in [0, 0.05) is 57.1 Å². The first-order chi connectivity index (χ1) is 17.5. The maximum atomic E-state index is 13.0. The molecule has 2 amide bonds. The molecular weight excluding hydrogens is 450 g/mol. The van der Waals surface area contributed by atoms with Crippen molar-refractivity contribution >= 4 is 17.2 Å². The Morgan fingerprint density at radius 1 is 1.11 bits per heavy atom. The molecule has 1 atom stereocenters. The van der Waals surface area contributed by atoms with Gasteiger partial charge in [-0.3, -0.25) is 0 Å². The molecule has 4 aromatic rings. The highest BCUT2D eigenvalue weighted by Gasteiger charge is 2.28. The lowest BCUT2D eigenvalue weighted by molar-refractivity contribution is 0.178. The van der Waals surface area contributed by atoms with Gasteiger partial charge in [0.15, 0.2) is 0 Å². The summed E-state index contributed by atoms with van der Waals surface area (Å²) in [6.45, 7) is 1.92. The number of methoxy groups -OCH3 is 1. The minimum atomic E-state index is -0.0229. The largest absolute Gasteiger partial charge is 0.497 e. The Morgan fingerprint density at radius 3 is 2.72 bits per heavy atom. The third-order valence-electron chi connectivity index (χ3n) is 6.89. The molecule has 36 heavy (non-hydrogen) atoms. The molecular formula is C29H33N5O2. The van der Waals surface area contributed by atoms with Gasteiger partial charge in [0.25, 0.3) is 0 Å². The number of imidazole rings is 1. The van der Waals surface area contributed by atoms with E-state index in [0.29, 0.717) is 13.1 Å². The summed E-state index contributed by atoms with van der Waals surface area (Å²) in [4.78, 5) is 22.2. The highest BCUT2D eigenvalue weighted by Crippen LogP contribution is 2.33. The predicted octanol–water partition coefficient (Wildman–Crippen LogP) is 5.17. The first kappa shape index (κ1) is 23.7. The molecule has 0 aliphatic carbocycles. The van der Waals surface area contributed by atoms with Gasteiger partial charge in [0.05, 0.1) is 18.3 Å². The number of pyridine rings is 1. The summed E-state index contributed by atoms with van der Waals surface area (Å²) < 4.78 is 7.61. The fraction of sp³-hybridized carbons (Fsp3) is 0.310. The summed E-state index contributed by atoms with van der Waals surface area (Å²) in [5.41, 5.74) is 5.25. The number of carbonyl (C=O) groups excluding carboxylic acids is 1. The first-order valence-corrected chi connectivity index (χ1v) is 12.4. The average Bonchev–Trinajstić information content (AvgIpc) is 3.32. The van der Waals surface area contributed by atoms with Crippen molar-refractivity contribution in [1.82, 2.24) is 19.6 Å². The van der Waals surface area contributed by atoms with Crippen LogP contribution in [-0.2, 0) is 6.54 Å². The van der Waals surface area contributed by atoms with Gasteiger partial charge in [-0.1, -0.05) is 30.3 Å². The fourth-order valence-corrected chi connectivity index (χ4v) is 4.91. The van der Waals surface area contributed by atoms with Gasteiger partial charge in [0.2, 0.25) is 0 Å². The predicted molar refractivity (Wildman–Crippen MR) is 144 cm³/mol. The van der Waals surface area contributed by atoms with Crippen LogP contribution in [0.3, 0.4) is 0 Å². The maximum absolute atomic E-state index is 13.0. The number of nitrogens with one attached hydrogen (secondary N) is 1. The number of aromatic nitrogens is 2. The molecule has 0 radical (unpaired) electrons. The summed E-state index contributed by atoms with van der Waals surface area (Å²) in [7, 11) is 5.72. The number of hydrogen-bond donors (Lipinski definition) is 1. The van der Waals surface area contributed by atoms with E-state index < -0.39 is 0 Å². The van der Waals surface area contributed by atoms with Crippen LogP contribution in [0.15, 0.2) is 72.9 Å². The molecule has 1 saturated heterocycles. The van der Waals surface area contributed by atoms with Gasteiger partial charge in [-0.25, -0.2) is 9.78 Å². The monoisotopic (exact) mass is 483 g/mol. The van der Waals surface area contributed by atoms with Crippen molar-refractivity contribution in [2.45, 2.75) is 25.3 Å². The van der Waals surface area contributed by atoms with E-state index in [1.165, 1.54) is 0 Å². The van der Waals surface area contributed by atoms with E-state index >= 15 is 0 Å². The van der Waals surface area contributed by atoms with Crippen molar-refractivity contribution in [3.8, 4) is 17.0 Å². The molecule has 1 N–H and O–H groups in total. The molecule has 2 aromatic heterocycles. The summed E-state index contributed by atoms with van der Waals surface area (Å²) >= 11 is 0. The number of ether oxygens (including phenoxy) is 1. The molecule has 3 heterocycles. The highest BCUT2D eigenvalue weighted by atomic mass is 16.5. The van der Waals surface area contributed by atoms with Crippen molar-refractivity contribution in [2.75, 3.05) is 39.2 Å². The number of amides is 2. The van der Waals surface area contributed by atoms with Crippen LogP contribution in [0.1, 0.15) is 30.1 Å². The van der Waals surface area contributed by atoms with Gasteiger partial charge >= 0.3 is 6.03 Å². The van der Waals surface area contributed by atoms with Gasteiger partial charge in [-0.05, 0) is 54.8 Å². The molecule has 1 fully saturated rings. The van der Waals surface area contributed by atoms with Crippen LogP contribution in [0.2, 0.25) is 0 Å². The molecule has 0 saturated carbocycles. The average molecular weight is 484 g/mol. The Morgan fingerprint density at radius 2 is 1.94 bits per heavy atom. The fourth-order valence-electron chi connectivity index (χ4n) is 4.91. The van der Waals surface area contributed by atoms with Crippen LogP contribution in [0.25, 0.3) is 16.8 Å². The van der Waals surface area contributed by atoms with E-state index in [2.05, 4.69) is 57.2 Å². The molecule has 7 heteroatoms.